The number of hydrogen-bond donors (Lipinski definition) is 1. The van der Waals surface area contributed by atoms with Gasteiger partial charge in [0, 0.05) is 25.3 Å². The Morgan fingerprint density at radius 2 is 1.89 bits per heavy atom. The van der Waals surface area contributed by atoms with Crippen molar-refractivity contribution < 1.29 is 35.8 Å². The Hall–Kier alpha value is -2.38. The second kappa shape index (κ2) is 9.94. The minimum Gasteiger partial charge on any atom is -0.467 e. The molecule has 1 N–H and O–H groups in total. The third kappa shape index (κ3) is 5.41. The molecule has 3 heterocycles. The van der Waals surface area contributed by atoms with Crippen molar-refractivity contribution in [2.45, 2.75) is 35.6 Å². The fourth-order valence-corrected chi connectivity index (χ4v) is 6.51. The molecule has 0 amide bonds. The second-order valence-electron chi connectivity index (χ2n) is 8.35. The third-order valence-electron chi connectivity index (χ3n) is 5.98. The lowest BCUT2D eigenvalue weighted by Gasteiger charge is -2.42. The van der Waals surface area contributed by atoms with Gasteiger partial charge in [-0.05, 0) is 48.2 Å². The zero-order valence-electron chi connectivity index (χ0n) is 18.8. The summed E-state index contributed by atoms with van der Waals surface area (Å²) < 4.78 is 78.5. The first-order valence-electron chi connectivity index (χ1n) is 10.8. The first-order valence-corrected chi connectivity index (χ1v) is 13.1. The highest BCUT2D eigenvalue weighted by molar-refractivity contribution is 7.91. The number of alkyl halides is 3. The van der Waals surface area contributed by atoms with Crippen LogP contribution in [-0.4, -0.2) is 56.3 Å². The zero-order valence-corrected chi connectivity index (χ0v) is 20.4. The summed E-state index contributed by atoms with van der Waals surface area (Å²) in [5.41, 5.74) is -2.66. The molecule has 1 fully saturated rings. The van der Waals surface area contributed by atoms with Crippen LogP contribution in [0.2, 0.25) is 0 Å². The molecule has 2 aromatic heterocycles. The molecular weight excluding hydrogens is 505 g/mol. The van der Waals surface area contributed by atoms with E-state index in [2.05, 4.69) is 0 Å². The maximum absolute atomic E-state index is 13.2. The highest BCUT2D eigenvalue weighted by Gasteiger charge is 2.51. The van der Waals surface area contributed by atoms with Gasteiger partial charge < -0.3 is 19.2 Å². The molecule has 1 unspecified atom stereocenters. The van der Waals surface area contributed by atoms with Gasteiger partial charge in [0.05, 0.1) is 18.9 Å². The molecule has 1 saturated heterocycles. The number of rotatable bonds is 8. The number of sulfonamides is 1. The van der Waals surface area contributed by atoms with Crippen LogP contribution < -0.4 is 4.90 Å². The standard InChI is InChI=1S/C23H25F3N2O5S2/c1-22(29,23(24,25)26)17-6-8-18(9-7-17)28-11-10-27(35(30,31)21-5-3-13-34-21)14-19(28)15-32-16-20-4-2-12-33-20/h2-9,12-13,19,29H,10-11,14-16H2,1H3/t19-,22?/m1/s1. The normalized spacial score (nSPS) is 19.6. The Balaban J connectivity index is 1.55. The van der Waals surface area contributed by atoms with Gasteiger partial charge in [0.2, 0.25) is 0 Å². The van der Waals surface area contributed by atoms with E-state index in [1.165, 1.54) is 34.8 Å². The molecule has 7 nitrogen and oxygen atoms in total. The summed E-state index contributed by atoms with van der Waals surface area (Å²) in [6.45, 7) is 1.73. The molecule has 1 aliphatic heterocycles. The summed E-state index contributed by atoms with van der Waals surface area (Å²) in [7, 11) is -3.67. The Morgan fingerprint density at radius 3 is 2.49 bits per heavy atom. The van der Waals surface area contributed by atoms with Crippen LogP contribution in [-0.2, 0) is 27.0 Å². The molecule has 190 valence electrons. The maximum atomic E-state index is 13.2. The number of thiophene rings is 1. The number of ether oxygens (including phenoxy) is 1. The topological polar surface area (TPSA) is 83.2 Å². The fourth-order valence-electron chi connectivity index (χ4n) is 3.90. The summed E-state index contributed by atoms with van der Waals surface area (Å²) in [6, 6.07) is 11.8. The van der Waals surface area contributed by atoms with Gasteiger partial charge in [0.15, 0.2) is 5.60 Å². The van der Waals surface area contributed by atoms with Crippen molar-refractivity contribution >= 4 is 27.0 Å². The highest BCUT2D eigenvalue weighted by Crippen LogP contribution is 2.39. The van der Waals surface area contributed by atoms with E-state index in [0.29, 0.717) is 24.9 Å². The molecule has 0 saturated carbocycles. The van der Waals surface area contributed by atoms with Gasteiger partial charge in [-0.2, -0.15) is 17.5 Å². The maximum Gasteiger partial charge on any atom is 0.421 e. The number of halogens is 3. The lowest BCUT2D eigenvalue weighted by molar-refractivity contribution is -0.258. The van der Waals surface area contributed by atoms with Crippen LogP contribution in [0, 0.1) is 0 Å². The zero-order chi connectivity index (χ0) is 25.3. The largest absolute Gasteiger partial charge is 0.467 e. The van der Waals surface area contributed by atoms with Gasteiger partial charge >= 0.3 is 6.18 Å². The number of aliphatic hydroxyl groups is 1. The monoisotopic (exact) mass is 530 g/mol. The van der Waals surface area contributed by atoms with Gasteiger partial charge in [-0.25, -0.2) is 8.42 Å². The third-order valence-corrected chi connectivity index (χ3v) is 9.22. The van der Waals surface area contributed by atoms with Crippen LogP contribution in [0.3, 0.4) is 0 Å². The molecule has 3 aromatic rings. The van der Waals surface area contributed by atoms with Crippen LogP contribution in [0.5, 0.6) is 0 Å². The number of nitrogens with zero attached hydrogens (tertiary/aromatic N) is 2. The smallest absolute Gasteiger partial charge is 0.421 e. The summed E-state index contributed by atoms with van der Waals surface area (Å²) in [5.74, 6) is 0.620. The molecule has 2 atom stereocenters. The van der Waals surface area contributed by atoms with Gasteiger partial charge in [-0.1, -0.05) is 18.2 Å². The summed E-state index contributed by atoms with van der Waals surface area (Å²) in [6.07, 6.45) is -3.29. The van der Waals surface area contributed by atoms with E-state index < -0.39 is 27.8 Å². The van der Waals surface area contributed by atoms with E-state index in [1.807, 2.05) is 4.90 Å². The molecular formula is C23H25F3N2O5S2. The van der Waals surface area contributed by atoms with Crippen LogP contribution in [0.1, 0.15) is 18.2 Å². The Morgan fingerprint density at radius 1 is 1.14 bits per heavy atom. The van der Waals surface area contributed by atoms with E-state index in [-0.39, 0.29) is 36.1 Å². The van der Waals surface area contributed by atoms with Crippen LogP contribution >= 0.6 is 11.3 Å². The fraction of sp³-hybridized carbons (Fsp3) is 0.391. The molecule has 0 radical (unpaired) electrons. The van der Waals surface area contributed by atoms with Crippen LogP contribution in [0.4, 0.5) is 18.9 Å². The van der Waals surface area contributed by atoms with Crippen LogP contribution in [0.25, 0.3) is 0 Å². The number of hydrogen-bond acceptors (Lipinski definition) is 7. The quantitative estimate of drug-likeness (QED) is 0.470. The van der Waals surface area contributed by atoms with Gasteiger partial charge in [-0.3, -0.25) is 0 Å². The average Bonchev–Trinajstić information content (AvgIpc) is 3.53. The highest BCUT2D eigenvalue weighted by atomic mass is 32.2. The van der Waals surface area contributed by atoms with Gasteiger partial charge in [-0.15, -0.1) is 11.3 Å². The van der Waals surface area contributed by atoms with Crippen molar-refractivity contribution in [1.82, 2.24) is 4.31 Å². The molecule has 4 rings (SSSR count). The molecule has 1 aliphatic rings. The Kier molecular flexibility index (Phi) is 7.30. The Bertz CT molecular complexity index is 1200. The number of anilines is 1. The Labute approximate surface area is 205 Å². The van der Waals surface area contributed by atoms with E-state index in [0.717, 1.165) is 11.3 Å². The SMILES string of the molecule is CC(O)(c1ccc(N2CCN(S(=O)(=O)c3cccs3)C[C@@H]2COCc2ccco2)cc1)C(F)(F)F. The number of furan rings is 1. The first-order chi connectivity index (χ1) is 16.5. The first kappa shape index (κ1) is 25.7. The average molecular weight is 531 g/mol. The van der Waals surface area contributed by atoms with Crippen LogP contribution in [0.15, 0.2) is 68.8 Å². The van der Waals surface area contributed by atoms with Crippen molar-refractivity contribution in [2.75, 3.05) is 31.1 Å². The van der Waals surface area contributed by atoms with Gasteiger partial charge in [0.25, 0.3) is 10.0 Å². The van der Waals surface area contributed by atoms with Crippen molar-refractivity contribution in [1.29, 1.82) is 0 Å². The van der Waals surface area contributed by atoms with Crippen molar-refractivity contribution in [2.24, 2.45) is 0 Å². The van der Waals surface area contributed by atoms with E-state index in [1.54, 1.807) is 29.6 Å². The minimum atomic E-state index is -4.82. The lowest BCUT2D eigenvalue weighted by Crippen LogP contribution is -2.56. The van der Waals surface area contributed by atoms with E-state index >= 15 is 0 Å². The molecule has 1 aromatic carbocycles. The predicted octanol–water partition coefficient (Wildman–Crippen LogP) is 4.21. The number of piperazine rings is 1. The van der Waals surface area contributed by atoms with E-state index in [9.17, 15) is 26.7 Å². The molecule has 0 aliphatic carbocycles. The van der Waals surface area contributed by atoms with Gasteiger partial charge in [0.1, 0.15) is 16.6 Å². The predicted molar refractivity (Wildman–Crippen MR) is 125 cm³/mol. The second-order valence-corrected chi connectivity index (χ2v) is 11.5. The van der Waals surface area contributed by atoms with E-state index in [4.69, 9.17) is 9.15 Å². The number of benzene rings is 1. The molecule has 35 heavy (non-hydrogen) atoms. The van der Waals surface area contributed by atoms with Crippen molar-refractivity contribution in [3.63, 3.8) is 0 Å². The van der Waals surface area contributed by atoms with Crippen molar-refractivity contribution in [3.05, 3.63) is 71.5 Å². The molecule has 0 bridgehead atoms. The molecule has 12 heteroatoms. The summed E-state index contributed by atoms with van der Waals surface area (Å²) in [5, 5.41) is 11.7. The summed E-state index contributed by atoms with van der Waals surface area (Å²) >= 11 is 1.14. The summed E-state index contributed by atoms with van der Waals surface area (Å²) in [4.78, 5) is 1.91. The molecule has 0 spiro atoms. The lowest BCUT2D eigenvalue weighted by atomic mass is 9.95. The van der Waals surface area contributed by atoms with Crippen molar-refractivity contribution in [3.8, 4) is 0 Å². The minimum absolute atomic E-state index is 0.139.